The van der Waals surface area contributed by atoms with Gasteiger partial charge in [-0.3, -0.25) is 9.80 Å². The molecule has 0 unspecified atom stereocenters. The summed E-state index contributed by atoms with van der Waals surface area (Å²) in [5, 5.41) is 0. The monoisotopic (exact) mass is 366 g/mol. The van der Waals surface area contributed by atoms with Crippen molar-refractivity contribution in [3.8, 4) is 0 Å². The summed E-state index contributed by atoms with van der Waals surface area (Å²) in [6, 6.07) is 0.248. The second kappa shape index (κ2) is 7.37. The van der Waals surface area contributed by atoms with Crippen LogP contribution in [0, 0.1) is 5.92 Å². The molecule has 0 aromatic carbocycles. The van der Waals surface area contributed by atoms with Gasteiger partial charge in [0.05, 0.1) is 11.5 Å². The molecule has 1 aromatic rings. The first-order chi connectivity index (χ1) is 12.1. The van der Waals surface area contributed by atoms with Crippen LogP contribution >= 0.6 is 0 Å². The largest absolute Gasteiger partial charge is 0.345 e. The summed E-state index contributed by atoms with van der Waals surface area (Å²) in [6.45, 7) is 4.89. The van der Waals surface area contributed by atoms with Gasteiger partial charge < -0.3 is 4.98 Å². The van der Waals surface area contributed by atoms with Gasteiger partial charge in [0.1, 0.15) is 5.82 Å². The maximum atomic E-state index is 11.7. The van der Waals surface area contributed by atoms with E-state index >= 15 is 0 Å². The third kappa shape index (κ3) is 4.44. The number of nitrogens with one attached hydrogen (secondary N) is 1. The van der Waals surface area contributed by atoms with Crippen LogP contribution in [0.3, 0.4) is 0 Å². The zero-order chi connectivity index (χ0) is 17.3. The fraction of sp³-hybridized carbons (Fsp3) is 0.833. The van der Waals surface area contributed by atoms with Crippen LogP contribution in [0.5, 0.6) is 0 Å². The van der Waals surface area contributed by atoms with Crippen LogP contribution in [0.15, 0.2) is 6.20 Å². The number of nitrogens with zero attached hydrogens (tertiary/aromatic N) is 3. The molecule has 4 rings (SSSR count). The molecule has 140 valence electrons. The highest BCUT2D eigenvalue weighted by Crippen LogP contribution is 2.27. The highest BCUT2D eigenvalue weighted by Gasteiger charge is 2.33. The number of H-pyrrole nitrogens is 1. The van der Waals surface area contributed by atoms with E-state index in [1.54, 1.807) is 0 Å². The fourth-order valence-electron chi connectivity index (χ4n) is 4.67. The van der Waals surface area contributed by atoms with E-state index in [1.165, 1.54) is 31.4 Å². The van der Waals surface area contributed by atoms with Crippen molar-refractivity contribution in [3.63, 3.8) is 0 Å². The number of sulfone groups is 1. The van der Waals surface area contributed by atoms with Crippen LogP contribution in [0.1, 0.15) is 43.6 Å². The molecule has 3 fully saturated rings. The highest BCUT2D eigenvalue weighted by atomic mass is 32.2. The van der Waals surface area contributed by atoms with Crippen LogP contribution in [-0.2, 0) is 22.8 Å². The highest BCUT2D eigenvalue weighted by molar-refractivity contribution is 7.91. The van der Waals surface area contributed by atoms with Crippen molar-refractivity contribution < 1.29 is 8.42 Å². The molecule has 0 amide bonds. The summed E-state index contributed by atoms with van der Waals surface area (Å²) in [5.74, 6) is 2.70. The van der Waals surface area contributed by atoms with Crippen LogP contribution < -0.4 is 0 Å². The molecule has 2 saturated heterocycles. The molecule has 1 atom stereocenters. The molecule has 0 spiro atoms. The van der Waals surface area contributed by atoms with Gasteiger partial charge in [0, 0.05) is 57.1 Å². The van der Waals surface area contributed by atoms with Crippen molar-refractivity contribution in [1.29, 1.82) is 0 Å². The van der Waals surface area contributed by atoms with E-state index in [1.807, 2.05) is 6.20 Å². The number of imidazole rings is 1. The summed E-state index contributed by atoms with van der Waals surface area (Å²) in [5.41, 5.74) is 1.21. The standard InChI is InChI=1S/C18H30N4O2S/c23-25(24)10-5-17(14-25)22-8-6-21(7-9-22)13-16-12-19-18(20-16)11-15-3-1-2-4-15/h12,15,17H,1-11,13-14H2,(H,19,20)/t17-/m1/s1. The van der Waals surface area contributed by atoms with Crippen molar-refractivity contribution in [2.45, 2.75) is 51.1 Å². The first-order valence-electron chi connectivity index (χ1n) is 9.77. The zero-order valence-corrected chi connectivity index (χ0v) is 15.8. The molecule has 1 aromatic heterocycles. The predicted molar refractivity (Wildman–Crippen MR) is 98.2 cm³/mol. The average molecular weight is 367 g/mol. The molecule has 3 heterocycles. The molecule has 1 N–H and O–H groups in total. The van der Waals surface area contributed by atoms with Crippen LogP contribution in [0.25, 0.3) is 0 Å². The Kier molecular flexibility index (Phi) is 5.15. The lowest BCUT2D eigenvalue weighted by atomic mass is 10.0. The van der Waals surface area contributed by atoms with Crippen molar-refractivity contribution in [2.24, 2.45) is 5.92 Å². The normalized spacial score (nSPS) is 28.7. The Morgan fingerprint density at radius 3 is 2.56 bits per heavy atom. The van der Waals surface area contributed by atoms with Crippen LogP contribution in [-0.4, -0.2) is 71.9 Å². The van der Waals surface area contributed by atoms with E-state index in [9.17, 15) is 8.42 Å². The molecule has 0 bridgehead atoms. The minimum Gasteiger partial charge on any atom is -0.345 e. The fourth-order valence-corrected chi connectivity index (χ4v) is 6.43. The average Bonchev–Trinajstić information content (AvgIpc) is 3.31. The number of aromatic nitrogens is 2. The SMILES string of the molecule is O=S1(=O)CC[C@@H](N2CCN(Cc3cnc(CC4CCCC4)[nH]3)CC2)C1. The minimum atomic E-state index is -2.78. The summed E-state index contributed by atoms with van der Waals surface area (Å²) < 4.78 is 23.3. The summed E-state index contributed by atoms with van der Waals surface area (Å²) in [4.78, 5) is 12.9. The summed E-state index contributed by atoms with van der Waals surface area (Å²) in [6.07, 6.45) is 9.39. The molecular formula is C18H30N4O2S. The Morgan fingerprint density at radius 1 is 1.12 bits per heavy atom. The molecule has 6 nitrogen and oxygen atoms in total. The Morgan fingerprint density at radius 2 is 1.88 bits per heavy atom. The lowest BCUT2D eigenvalue weighted by molar-refractivity contribution is 0.0993. The minimum absolute atomic E-state index is 0.248. The topological polar surface area (TPSA) is 69.3 Å². The lowest BCUT2D eigenvalue weighted by Gasteiger charge is -2.37. The van der Waals surface area contributed by atoms with Crippen molar-refractivity contribution in [2.75, 3.05) is 37.7 Å². The van der Waals surface area contributed by atoms with Crippen LogP contribution in [0.2, 0.25) is 0 Å². The maximum absolute atomic E-state index is 11.7. The quantitative estimate of drug-likeness (QED) is 0.854. The van der Waals surface area contributed by atoms with Gasteiger partial charge in [-0.15, -0.1) is 0 Å². The van der Waals surface area contributed by atoms with Gasteiger partial charge in [0.25, 0.3) is 0 Å². The Bertz CT molecular complexity index is 673. The second-order valence-electron chi connectivity index (χ2n) is 8.08. The molecule has 25 heavy (non-hydrogen) atoms. The van der Waals surface area contributed by atoms with Crippen LogP contribution in [0.4, 0.5) is 0 Å². The van der Waals surface area contributed by atoms with Crippen molar-refractivity contribution in [3.05, 3.63) is 17.7 Å². The summed E-state index contributed by atoms with van der Waals surface area (Å²) >= 11 is 0. The smallest absolute Gasteiger partial charge is 0.151 e. The Balaban J connectivity index is 1.24. The third-order valence-electron chi connectivity index (χ3n) is 6.16. The molecule has 0 radical (unpaired) electrons. The summed E-state index contributed by atoms with van der Waals surface area (Å²) in [7, 11) is -2.78. The van der Waals surface area contributed by atoms with Gasteiger partial charge in [0.15, 0.2) is 9.84 Å². The zero-order valence-electron chi connectivity index (χ0n) is 15.0. The van der Waals surface area contributed by atoms with E-state index in [2.05, 4.69) is 19.8 Å². The van der Waals surface area contributed by atoms with Gasteiger partial charge in [0.2, 0.25) is 0 Å². The molecule has 1 saturated carbocycles. The Labute approximate surface area is 150 Å². The molecule has 2 aliphatic heterocycles. The van der Waals surface area contributed by atoms with E-state index in [0.29, 0.717) is 11.5 Å². The molecule has 1 aliphatic carbocycles. The second-order valence-corrected chi connectivity index (χ2v) is 10.3. The maximum Gasteiger partial charge on any atom is 0.151 e. The van der Waals surface area contributed by atoms with Gasteiger partial charge in [-0.25, -0.2) is 13.4 Å². The van der Waals surface area contributed by atoms with E-state index in [0.717, 1.165) is 57.3 Å². The first-order valence-corrected chi connectivity index (χ1v) is 11.6. The van der Waals surface area contributed by atoms with Gasteiger partial charge in [-0.05, 0) is 12.3 Å². The Hall–Kier alpha value is -0.920. The number of rotatable bonds is 5. The first kappa shape index (κ1) is 17.5. The van der Waals surface area contributed by atoms with Gasteiger partial charge >= 0.3 is 0 Å². The number of hydrogen-bond acceptors (Lipinski definition) is 5. The molecular weight excluding hydrogens is 336 g/mol. The van der Waals surface area contributed by atoms with Gasteiger partial charge in [-0.2, -0.15) is 0 Å². The molecule has 7 heteroatoms. The number of hydrogen-bond donors (Lipinski definition) is 1. The predicted octanol–water partition coefficient (Wildman–Crippen LogP) is 1.45. The van der Waals surface area contributed by atoms with E-state index in [4.69, 9.17) is 0 Å². The van der Waals surface area contributed by atoms with Crippen molar-refractivity contribution >= 4 is 9.84 Å². The van der Waals surface area contributed by atoms with E-state index in [-0.39, 0.29) is 6.04 Å². The van der Waals surface area contributed by atoms with E-state index < -0.39 is 9.84 Å². The van der Waals surface area contributed by atoms with Crippen molar-refractivity contribution in [1.82, 2.24) is 19.8 Å². The number of piperazine rings is 1. The van der Waals surface area contributed by atoms with Gasteiger partial charge in [-0.1, -0.05) is 25.7 Å². The lowest BCUT2D eigenvalue weighted by Crippen LogP contribution is -2.50. The number of aromatic amines is 1. The molecule has 3 aliphatic rings. The third-order valence-corrected chi connectivity index (χ3v) is 7.91.